The van der Waals surface area contributed by atoms with Gasteiger partial charge in [0.2, 0.25) is 11.7 Å². The van der Waals surface area contributed by atoms with Gasteiger partial charge in [-0.25, -0.2) is 0 Å². The predicted octanol–water partition coefficient (Wildman–Crippen LogP) is 4.63. The van der Waals surface area contributed by atoms with Crippen LogP contribution in [0.3, 0.4) is 0 Å². The molecule has 1 aliphatic carbocycles. The number of ketones is 1. The molecular formula is C29H26Cl2FN3O5. The third-order valence-electron chi connectivity index (χ3n) is 7.48. The second-order valence-corrected chi connectivity index (χ2v) is 11.0. The van der Waals surface area contributed by atoms with Crippen molar-refractivity contribution >= 4 is 40.8 Å². The van der Waals surface area contributed by atoms with E-state index in [0.717, 1.165) is 0 Å². The number of amides is 2. The second kappa shape index (κ2) is 10.6. The van der Waals surface area contributed by atoms with Gasteiger partial charge in [-0.05, 0) is 60.7 Å². The number of aliphatic hydroxyl groups is 1. The smallest absolute Gasteiger partial charge is 0.285 e. The molecule has 2 heterocycles. The summed E-state index contributed by atoms with van der Waals surface area (Å²) in [5.74, 6) is -2.48. The molecule has 1 aliphatic heterocycles. The number of ether oxygens (including phenoxy) is 1. The number of nitrogens with one attached hydrogen (secondary N) is 1. The van der Waals surface area contributed by atoms with E-state index in [9.17, 15) is 19.5 Å². The molecule has 1 unspecified atom stereocenters. The third kappa shape index (κ3) is 4.66. The van der Waals surface area contributed by atoms with Crippen LogP contribution in [-0.2, 0) is 26.5 Å². The molecule has 2 atom stereocenters. The van der Waals surface area contributed by atoms with Crippen LogP contribution in [0.15, 0.2) is 54.7 Å². The predicted molar refractivity (Wildman–Crippen MR) is 146 cm³/mol. The fraction of sp³-hybridized carbons (Fsp3) is 0.310. The van der Waals surface area contributed by atoms with Gasteiger partial charge in [-0.15, -0.1) is 5.12 Å². The van der Waals surface area contributed by atoms with Crippen LogP contribution in [-0.4, -0.2) is 52.6 Å². The fourth-order valence-electron chi connectivity index (χ4n) is 5.11. The standard InChI is InChI=1S/C29H26Cl2FN3O5/c1-16(36)25(37)29(40-15-28(11-12-28)27(39)33-2)23-10-9-21(17-3-5-18(30)6-4-17)22(24(23)26(38)35(29)32)13-20-8-7-19(31)14-34-20/h3-10,14,16,36H,11-13,15H2,1-2H3,(H,33,39)/t16?,29-/m1/s1. The Morgan fingerprint density at radius 1 is 1.12 bits per heavy atom. The molecule has 11 heteroatoms. The molecule has 1 fully saturated rings. The van der Waals surface area contributed by atoms with Crippen molar-refractivity contribution in [3.63, 3.8) is 0 Å². The van der Waals surface area contributed by atoms with E-state index in [-0.39, 0.29) is 35.2 Å². The van der Waals surface area contributed by atoms with Gasteiger partial charge in [0.15, 0.2) is 0 Å². The minimum absolute atomic E-state index is 0.0553. The highest BCUT2D eigenvalue weighted by atomic mass is 35.5. The van der Waals surface area contributed by atoms with E-state index < -0.39 is 28.9 Å². The number of fused-ring (bicyclic) bond motifs is 1. The number of carbonyl (C=O) groups excluding carboxylic acids is 3. The van der Waals surface area contributed by atoms with Crippen molar-refractivity contribution in [1.82, 2.24) is 15.4 Å². The first-order chi connectivity index (χ1) is 19.0. The Kier molecular flexibility index (Phi) is 7.43. The van der Waals surface area contributed by atoms with E-state index in [1.54, 1.807) is 42.5 Å². The topological polar surface area (TPSA) is 109 Å². The monoisotopic (exact) mass is 585 g/mol. The van der Waals surface area contributed by atoms with Gasteiger partial charge in [0, 0.05) is 35.9 Å². The maximum absolute atomic E-state index is 16.2. The number of carbonyl (C=O) groups is 3. The van der Waals surface area contributed by atoms with Crippen molar-refractivity contribution in [2.75, 3.05) is 13.7 Å². The van der Waals surface area contributed by atoms with Crippen LogP contribution in [0.5, 0.6) is 0 Å². The maximum Gasteiger partial charge on any atom is 0.285 e. The number of aliphatic hydroxyl groups excluding tert-OH is 1. The van der Waals surface area contributed by atoms with Crippen LogP contribution in [0, 0.1) is 5.41 Å². The normalized spacial score (nSPS) is 19.8. The highest BCUT2D eigenvalue weighted by molar-refractivity contribution is 6.30. The molecule has 3 aromatic rings. The number of benzene rings is 2. The maximum atomic E-state index is 16.2. The average molecular weight is 586 g/mol. The van der Waals surface area contributed by atoms with Gasteiger partial charge in [0.25, 0.3) is 11.6 Å². The van der Waals surface area contributed by atoms with E-state index in [1.165, 1.54) is 26.2 Å². The molecule has 2 amide bonds. The number of hydrogen-bond donors (Lipinski definition) is 2. The van der Waals surface area contributed by atoms with E-state index in [2.05, 4.69) is 10.3 Å². The van der Waals surface area contributed by atoms with Crippen LogP contribution < -0.4 is 5.32 Å². The molecule has 0 saturated heterocycles. The van der Waals surface area contributed by atoms with Crippen LogP contribution in [0.25, 0.3) is 11.1 Å². The highest BCUT2D eigenvalue weighted by Gasteiger charge is 2.62. The van der Waals surface area contributed by atoms with Crippen LogP contribution >= 0.6 is 23.2 Å². The molecule has 2 N–H and O–H groups in total. The van der Waals surface area contributed by atoms with Crippen LogP contribution in [0.1, 0.15) is 46.9 Å². The van der Waals surface area contributed by atoms with Crippen molar-refractivity contribution in [2.24, 2.45) is 5.41 Å². The van der Waals surface area contributed by atoms with Gasteiger partial charge in [0.05, 0.1) is 22.6 Å². The number of pyridine rings is 1. The van der Waals surface area contributed by atoms with Crippen molar-refractivity contribution < 1.29 is 28.7 Å². The third-order valence-corrected chi connectivity index (χ3v) is 7.96. The zero-order valence-corrected chi connectivity index (χ0v) is 23.2. The Balaban J connectivity index is 1.70. The number of rotatable bonds is 9. The lowest BCUT2D eigenvalue weighted by Gasteiger charge is -2.34. The lowest BCUT2D eigenvalue weighted by Crippen LogP contribution is -2.53. The minimum Gasteiger partial charge on any atom is -0.385 e. The molecule has 0 bridgehead atoms. The molecule has 8 nitrogen and oxygen atoms in total. The second-order valence-electron chi connectivity index (χ2n) is 10.1. The molecule has 2 aromatic carbocycles. The Hall–Kier alpha value is -3.37. The summed E-state index contributed by atoms with van der Waals surface area (Å²) in [6.45, 7) is 0.849. The zero-order valence-electron chi connectivity index (χ0n) is 21.7. The van der Waals surface area contributed by atoms with E-state index in [0.29, 0.717) is 45.3 Å². The Morgan fingerprint density at radius 3 is 2.38 bits per heavy atom. The molecule has 208 valence electrons. The Morgan fingerprint density at radius 2 is 1.80 bits per heavy atom. The lowest BCUT2D eigenvalue weighted by molar-refractivity contribution is -0.217. The summed E-state index contributed by atoms with van der Waals surface area (Å²) in [7, 11) is 1.48. The summed E-state index contributed by atoms with van der Waals surface area (Å²) < 4.78 is 22.1. The summed E-state index contributed by atoms with van der Waals surface area (Å²) in [5.41, 5.74) is -1.42. The van der Waals surface area contributed by atoms with Crippen molar-refractivity contribution in [3.05, 3.63) is 87.2 Å². The fourth-order valence-corrected chi connectivity index (χ4v) is 5.35. The van der Waals surface area contributed by atoms with E-state index in [4.69, 9.17) is 27.9 Å². The molecular weight excluding hydrogens is 560 g/mol. The van der Waals surface area contributed by atoms with Crippen molar-refractivity contribution in [2.45, 2.75) is 38.0 Å². The van der Waals surface area contributed by atoms with Crippen LogP contribution in [0.2, 0.25) is 10.0 Å². The Bertz CT molecular complexity index is 1490. The summed E-state index contributed by atoms with van der Waals surface area (Å²) in [6, 6.07) is 13.4. The van der Waals surface area contributed by atoms with Gasteiger partial charge >= 0.3 is 0 Å². The summed E-state index contributed by atoms with van der Waals surface area (Å²) >= 11 is 12.1. The van der Waals surface area contributed by atoms with Crippen LogP contribution in [0.4, 0.5) is 4.48 Å². The quantitative estimate of drug-likeness (QED) is 0.354. The summed E-state index contributed by atoms with van der Waals surface area (Å²) in [6.07, 6.45) is 0.829. The Labute approximate surface area is 240 Å². The lowest BCUT2D eigenvalue weighted by atomic mass is 9.86. The van der Waals surface area contributed by atoms with E-state index >= 15 is 4.48 Å². The highest BCUT2D eigenvalue weighted by Crippen LogP contribution is 2.51. The summed E-state index contributed by atoms with van der Waals surface area (Å²) in [5, 5.41) is 13.5. The zero-order chi connectivity index (χ0) is 28.8. The largest absolute Gasteiger partial charge is 0.385 e. The molecule has 0 spiro atoms. The average Bonchev–Trinajstić information content (AvgIpc) is 3.71. The van der Waals surface area contributed by atoms with Gasteiger partial charge in [-0.3, -0.25) is 19.4 Å². The SMILES string of the molecule is CNC(=O)C1(CO[C@@]2(C(=O)C(C)O)c3ccc(-c4ccc(Cl)cc4)c(Cc4ccc(Cl)cn4)c3C(=O)N2F)CC1. The molecule has 5 rings (SSSR count). The van der Waals surface area contributed by atoms with E-state index in [1.807, 2.05) is 0 Å². The summed E-state index contributed by atoms with van der Waals surface area (Å²) in [4.78, 5) is 44.0. The van der Waals surface area contributed by atoms with Crippen molar-refractivity contribution in [1.29, 1.82) is 0 Å². The number of halogens is 3. The minimum atomic E-state index is -2.58. The van der Waals surface area contributed by atoms with Gasteiger partial charge < -0.3 is 15.2 Å². The van der Waals surface area contributed by atoms with Gasteiger partial charge in [-0.1, -0.05) is 51.9 Å². The number of Topliss-reactive ketones (excluding diaryl/α,β-unsaturated/α-hetero) is 1. The molecule has 1 saturated carbocycles. The first kappa shape index (κ1) is 28.2. The first-order valence-corrected chi connectivity index (χ1v) is 13.4. The number of hydrogen-bond acceptors (Lipinski definition) is 6. The van der Waals surface area contributed by atoms with Gasteiger partial charge in [-0.2, -0.15) is 0 Å². The molecule has 0 radical (unpaired) electrons. The number of aromatic nitrogens is 1. The molecule has 2 aliphatic rings. The first-order valence-electron chi connectivity index (χ1n) is 12.7. The number of nitrogens with zero attached hydrogens (tertiary/aromatic N) is 2. The molecule has 40 heavy (non-hydrogen) atoms. The van der Waals surface area contributed by atoms with Crippen molar-refractivity contribution in [3.8, 4) is 11.1 Å². The molecule has 1 aromatic heterocycles. The van der Waals surface area contributed by atoms with Gasteiger partial charge in [0.1, 0.15) is 6.10 Å².